The Hall–Kier alpha value is -7.80. The van der Waals surface area contributed by atoms with Crippen molar-refractivity contribution in [2.75, 3.05) is 34.7 Å². The number of benzene rings is 6. The number of carbonyl (C=O) groups is 3. The molecule has 0 bridgehead atoms. The summed E-state index contributed by atoms with van der Waals surface area (Å²) in [5.41, 5.74) is 6.24. The first kappa shape index (κ1) is 42.5. The zero-order valence-corrected chi connectivity index (χ0v) is 35.8. The minimum Gasteiger partial charge on any atom is -0.493 e. The normalized spacial score (nSPS) is 18.2. The molecule has 6 aromatic rings. The van der Waals surface area contributed by atoms with E-state index in [1.807, 2.05) is 127 Å². The summed E-state index contributed by atoms with van der Waals surface area (Å²) in [6.07, 6.45) is -1.32. The van der Waals surface area contributed by atoms with Crippen LogP contribution in [-0.4, -0.2) is 64.6 Å². The van der Waals surface area contributed by atoms with Crippen LogP contribution in [0.25, 0.3) is 0 Å². The molecular formula is C52H45NO12. The number of carbonyl (C=O) groups excluding carboxylic acids is 3. The molecule has 65 heavy (non-hydrogen) atoms. The van der Waals surface area contributed by atoms with Gasteiger partial charge in [0, 0.05) is 34.9 Å². The van der Waals surface area contributed by atoms with Gasteiger partial charge in [-0.3, -0.25) is 9.79 Å². The van der Waals surface area contributed by atoms with Gasteiger partial charge in [-0.15, -0.1) is 0 Å². The maximum atomic E-state index is 13.9. The molecule has 0 radical (unpaired) electrons. The van der Waals surface area contributed by atoms with Crippen LogP contribution in [0.1, 0.15) is 51.0 Å². The number of hydrogen-bond donors (Lipinski definition) is 0. The van der Waals surface area contributed by atoms with Crippen molar-refractivity contribution in [2.45, 2.75) is 31.1 Å². The van der Waals surface area contributed by atoms with E-state index in [0.29, 0.717) is 28.5 Å². The SMILES string of the molecule is COC(=O)[C@H](Cc1ccc(O[C@@H]2c3cc4c(cc3[C@@H](c3cc(OC)c(OC(=O)OCc5ccccc5)c(OC)c3)[C@H]3C(=O)OC[C@@H]32)OCO4)cc1)N=C(c1ccccc1)c1ccccc1. The Morgan fingerprint density at radius 3 is 1.91 bits per heavy atom. The number of esters is 2. The first-order chi connectivity index (χ1) is 31.8. The second-order valence-electron chi connectivity index (χ2n) is 15.6. The highest BCUT2D eigenvalue weighted by Crippen LogP contribution is 2.56. The molecular weight excluding hydrogens is 831 g/mol. The molecule has 13 nitrogen and oxygen atoms in total. The fraction of sp³-hybridized carbons (Fsp3) is 0.231. The van der Waals surface area contributed by atoms with Crippen LogP contribution in [-0.2, 0) is 36.8 Å². The van der Waals surface area contributed by atoms with Crippen molar-refractivity contribution >= 4 is 23.8 Å². The smallest absolute Gasteiger partial charge is 0.493 e. The first-order valence-corrected chi connectivity index (χ1v) is 21.1. The van der Waals surface area contributed by atoms with Gasteiger partial charge in [0.15, 0.2) is 29.0 Å². The standard InChI is InChI=1S/C52H45NO12/c1-57-43-24-35(25-44(58-2)49(43)65-52(56)61-28-32-13-7-4-8-14-32)45-37-26-41-42(63-30-62-41)27-38(37)48(39-29-60-51(55)46(39)45)64-36-21-19-31(20-22-36)23-40(50(54)59-3)53-47(33-15-9-5-10-16-33)34-17-11-6-12-18-34/h4-22,24-27,39-40,45-46,48H,23,28-30H2,1-3H3/t39-,40-,45+,46-,48+/m0/s1. The Morgan fingerprint density at radius 2 is 1.31 bits per heavy atom. The van der Waals surface area contributed by atoms with Gasteiger partial charge in [0.2, 0.25) is 12.5 Å². The Morgan fingerprint density at radius 1 is 0.708 bits per heavy atom. The molecule has 5 atom stereocenters. The van der Waals surface area contributed by atoms with Crippen molar-refractivity contribution in [2.24, 2.45) is 16.8 Å². The van der Waals surface area contributed by atoms with Crippen molar-refractivity contribution < 1.29 is 57.0 Å². The van der Waals surface area contributed by atoms with E-state index in [1.54, 1.807) is 12.1 Å². The number of fused-ring (bicyclic) bond motifs is 3. The monoisotopic (exact) mass is 875 g/mol. The fourth-order valence-corrected chi connectivity index (χ4v) is 8.73. The summed E-state index contributed by atoms with van der Waals surface area (Å²) >= 11 is 0. The van der Waals surface area contributed by atoms with Gasteiger partial charge in [-0.1, -0.05) is 103 Å². The molecule has 1 aliphatic carbocycles. The van der Waals surface area contributed by atoms with Gasteiger partial charge < -0.3 is 42.6 Å². The zero-order chi connectivity index (χ0) is 44.9. The van der Waals surface area contributed by atoms with E-state index in [1.165, 1.54) is 21.3 Å². The second-order valence-corrected chi connectivity index (χ2v) is 15.6. The molecule has 0 amide bonds. The van der Waals surface area contributed by atoms with Gasteiger partial charge in [0.1, 0.15) is 18.5 Å². The van der Waals surface area contributed by atoms with Gasteiger partial charge in [-0.25, -0.2) is 9.59 Å². The van der Waals surface area contributed by atoms with E-state index in [0.717, 1.165) is 33.4 Å². The topological polar surface area (TPSA) is 147 Å². The Kier molecular flexibility index (Phi) is 12.4. The number of nitrogens with zero attached hydrogens (tertiary/aromatic N) is 1. The van der Waals surface area contributed by atoms with Crippen molar-refractivity contribution in [1.82, 2.24) is 0 Å². The van der Waals surface area contributed by atoms with Crippen molar-refractivity contribution in [3.63, 3.8) is 0 Å². The second kappa shape index (κ2) is 18.9. The van der Waals surface area contributed by atoms with E-state index in [-0.39, 0.29) is 43.7 Å². The molecule has 0 aromatic heterocycles. The highest BCUT2D eigenvalue weighted by molar-refractivity contribution is 6.13. The molecule has 0 unspecified atom stereocenters. The maximum Gasteiger partial charge on any atom is 0.514 e. The minimum atomic E-state index is -0.946. The third kappa shape index (κ3) is 8.90. The minimum absolute atomic E-state index is 0.00595. The lowest BCUT2D eigenvalue weighted by Gasteiger charge is -2.39. The Balaban J connectivity index is 1.01. The lowest BCUT2D eigenvalue weighted by molar-refractivity contribution is -0.142. The number of rotatable bonds is 14. The van der Waals surface area contributed by atoms with Gasteiger partial charge >= 0.3 is 18.1 Å². The summed E-state index contributed by atoms with van der Waals surface area (Å²) in [5.74, 6) is -0.577. The van der Waals surface area contributed by atoms with Crippen LogP contribution in [0.2, 0.25) is 0 Å². The molecule has 0 saturated carbocycles. The van der Waals surface area contributed by atoms with Crippen LogP contribution in [0.3, 0.4) is 0 Å². The van der Waals surface area contributed by atoms with Crippen LogP contribution in [0.15, 0.2) is 145 Å². The van der Waals surface area contributed by atoms with E-state index in [2.05, 4.69) is 0 Å². The summed E-state index contributed by atoms with van der Waals surface area (Å²) in [5, 5.41) is 0. The van der Waals surface area contributed by atoms with Gasteiger partial charge in [0.05, 0.1) is 39.6 Å². The predicted octanol–water partition coefficient (Wildman–Crippen LogP) is 8.82. The van der Waals surface area contributed by atoms with E-state index in [4.69, 9.17) is 47.6 Å². The molecule has 1 saturated heterocycles. The van der Waals surface area contributed by atoms with Crippen LogP contribution < -0.4 is 28.4 Å². The third-order valence-electron chi connectivity index (χ3n) is 11.8. The lowest BCUT2D eigenvalue weighted by Crippen LogP contribution is -2.37. The number of ether oxygens (including phenoxy) is 9. The van der Waals surface area contributed by atoms with Crippen molar-refractivity contribution in [3.05, 3.63) is 178 Å². The summed E-state index contributed by atoms with van der Waals surface area (Å²) in [4.78, 5) is 45.1. The zero-order valence-electron chi connectivity index (χ0n) is 35.8. The van der Waals surface area contributed by atoms with Crippen LogP contribution in [0.4, 0.5) is 4.79 Å². The Bertz CT molecular complexity index is 2640. The number of cyclic esters (lactones) is 1. The molecule has 0 N–H and O–H groups in total. The summed E-state index contributed by atoms with van der Waals surface area (Å²) in [6.45, 7) is 0.142. The quantitative estimate of drug-likeness (QED) is 0.0446. The van der Waals surface area contributed by atoms with Gasteiger partial charge in [0.25, 0.3) is 0 Å². The predicted molar refractivity (Wildman–Crippen MR) is 237 cm³/mol. The number of hydrogen-bond acceptors (Lipinski definition) is 13. The number of aliphatic imine (C=N–C) groups is 1. The molecule has 6 aromatic carbocycles. The van der Waals surface area contributed by atoms with Crippen molar-refractivity contribution in [3.8, 4) is 34.5 Å². The highest BCUT2D eigenvalue weighted by atomic mass is 16.7. The molecule has 0 spiro atoms. The van der Waals surface area contributed by atoms with Crippen LogP contribution in [0, 0.1) is 11.8 Å². The van der Waals surface area contributed by atoms with E-state index in [9.17, 15) is 14.4 Å². The van der Waals surface area contributed by atoms with E-state index < -0.39 is 48.0 Å². The first-order valence-electron chi connectivity index (χ1n) is 21.1. The maximum absolute atomic E-state index is 13.9. The molecule has 2 heterocycles. The average Bonchev–Trinajstić information content (AvgIpc) is 3.98. The lowest BCUT2D eigenvalue weighted by atomic mass is 9.66. The summed E-state index contributed by atoms with van der Waals surface area (Å²) in [6, 6.07) is 42.6. The van der Waals surface area contributed by atoms with Gasteiger partial charge in [-0.05, 0) is 58.7 Å². The summed E-state index contributed by atoms with van der Waals surface area (Å²) < 4.78 is 52.2. The van der Waals surface area contributed by atoms with Gasteiger partial charge in [-0.2, -0.15) is 0 Å². The van der Waals surface area contributed by atoms with Crippen molar-refractivity contribution in [1.29, 1.82) is 0 Å². The largest absolute Gasteiger partial charge is 0.514 e. The Labute approximate surface area is 375 Å². The van der Waals surface area contributed by atoms with Crippen LogP contribution >= 0.6 is 0 Å². The summed E-state index contributed by atoms with van der Waals surface area (Å²) in [7, 11) is 4.26. The third-order valence-corrected chi connectivity index (χ3v) is 11.8. The van der Waals surface area contributed by atoms with E-state index >= 15 is 0 Å². The average molecular weight is 876 g/mol. The molecule has 9 rings (SSSR count). The molecule has 2 aliphatic heterocycles. The fourth-order valence-electron chi connectivity index (χ4n) is 8.73. The molecule has 330 valence electrons. The van der Waals surface area contributed by atoms with Crippen LogP contribution in [0.5, 0.6) is 34.5 Å². The molecule has 13 heteroatoms. The highest BCUT2D eigenvalue weighted by Gasteiger charge is 2.54. The molecule has 1 fully saturated rings. The molecule has 3 aliphatic rings. The number of methoxy groups -OCH3 is 3.